The topological polar surface area (TPSA) is 148 Å². The van der Waals surface area contributed by atoms with Gasteiger partial charge in [0.15, 0.2) is 23.1 Å². The van der Waals surface area contributed by atoms with E-state index in [9.17, 15) is 24.0 Å². The molecule has 46 heavy (non-hydrogen) atoms. The number of aryl methyl sites for hydroxylation is 1. The smallest absolute Gasteiger partial charge is 0.255 e. The zero-order valence-electron chi connectivity index (χ0n) is 26.1. The molecule has 3 heterocycles. The number of hydrogen-bond donors (Lipinski definition) is 3. The van der Waals surface area contributed by atoms with Gasteiger partial charge >= 0.3 is 0 Å². The molecule has 5 rings (SSSR count). The molecule has 0 radical (unpaired) electrons. The predicted octanol–water partition coefficient (Wildman–Crippen LogP) is 2.89. The third-order valence-electron chi connectivity index (χ3n) is 7.51. The molecule has 0 saturated heterocycles. The van der Waals surface area contributed by atoms with E-state index < -0.39 is 23.7 Å². The molecule has 1 atom stereocenters. The summed E-state index contributed by atoms with van der Waals surface area (Å²) in [5.41, 5.74) is 0.782. The molecule has 0 aliphatic carbocycles. The number of aromatic nitrogens is 1. The lowest BCUT2D eigenvalue weighted by atomic mass is 10.1. The van der Waals surface area contributed by atoms with Crippen molar-refractivity contribution in [3.05, 3.63) is 87.6 Å². The first kappa shape index (κ1) is 33.7. The van der Waals surface area contributed by atoms with Gasteiger partial charge in [-0.15, -0.1) is 0 Å². The molecule has 4 amide bonds. The summed E-state index contributed by atoms with van der Waals surface area (Å²) in [4.78, 5) is 65.4. The SMILES string of the molecule is CC[C@@H]1NC(=O)CCCN(C(=O)c2ccc(=O)n(C)c2)CCCNC(=O)c2ccc(OC)c(c2)Oc2ccc(cc2F)CNC1=O. The average molecular weight is 636 g/mol. The number of methoxy groups -OCH3 is 1. The van der Waals surface area contributed by atoms with Crippen molar-refractivity contribution < 1.29 is 33.0 Å². The van der Waals surface area contributed by atoms with Crippen LogP contribution in [0.15, 0.2) is 59.5 Å². The highest BCUT2D eigenvalue weighted by Gasteiger charge is 2.21. The van der Waals surface area contributed by atoms with Gasteiger partial charge in [-0.2, -0.15) is 0 Å². The largest absolute Gasteiger partial charge is 0.493 e. The highest BCUT2D eigenvalue weighted by Crippen LogP contribution is 2.34. The fraction of sp³-hybridized carbons (Fsp3) is 0.364. The number of rotatable bonds is 3. The second-order valence-electron chi connectivity index (χ2n) is 10.9. The number of carbonyl (C=O) groups excluding carboxylic acids is 4. The van der Waals surface area contributed by atoms with Gasteiger partial charge in [0, 0.05) is 57.5 Å². The van der Waals surface area contributed by atoms with Crippen LogP contribution in [0.25, 0.3) is 0 Å². The first-order chi connectivity index (χ1) is 22.1. The average Bonchev–Trinajstić information content (AvgIpc) is 3.05. The number of halogens is 1. The molecule has 2 aliphatic rings. The standard InChI is InChI=1S/C33H38FN5O7/c1-4-25-32(43)36-19-21-8-11-26(24(34)17-21)46-28-18-22(9-12-27(28)45-3)31(42)35-14-6-16-39(15-5-7-29(40)37-25)33(44)23-10-13-30(41)38(2)20-23/h8-13,17-18,20,25H,4-7,14-16,19H2,1-3H3,(H,35,42)(H,36,43)(H,37,40)/t25-/m0/s1. The summed E-state index contributed by atoms with van der Waals surface area (Å²) in [5.74, 6) is -1.87. The van der Waals surface area contributed by atoms with Crippen molar-refractivity contribution in [3.63, 3.8) is 0 Å². The molecular formula is C33H38FN5O7. The molecule has 0 fully saturated rings. The summed E-state index contributed by atoms with van der Waals surface area (Å²) in [6, 6.07) is 10.8. The zero-order chi connectivity index (χ0) is 33.2. The van der Waals surface area contributed by atoms with Crippen LogP contribution in [-0.4, -0.2) is 65.9 Å². The van der Waals surface area contributed by atoms with E-state index in [0.717, 1.165) is 0 Å². The van der Waals surface area contributed by atoms with Gasteiger partial charge in [0.2, 0.25) is 17.4 Å². The number of benzene rings is 2. The molecular weight excluding hydrogens is 597 g/mol. The number of amides is 4. The summed E-state index contributed by atoms with van der Waals surface area (Å²) in [5, 5.41) is 8.28. The Morgan fingerprint density at radius 2 is 1.78 bits per heavy atom. The molecule has 0 spiro atoms. The maximum atomic E-state index is 15.0. The van der Waals surface area contributed by atoms with Crippen LogP contribution in [0.5, 0.6) is 17.2 Å². The van der Waals surface area contributed by atoms with E-state index in [1.54, 1.807) is 37.1 Å². The van der Waals surface area contributed by atoms with E-state index >= 15 is 4.39 Å². The molecule has 3 N–H and O–H groups in total. The fourth-order valence-corrected chi connectivity index (χ4v) is 4.91. The van der Waals surface area contributed by atoms with Crippen molar-refractivity contribution >= 4 is 23.6 Å². The van der Waals surface area contributed by atoms with E-state index in [-0.39, 0.29) is 72.8 Å². The maximum Gasteiger partial charge on any atom is 0.255 e. The van der Waals surface area contributed by atoms with Gasteiger partial charge < -0.3 is 34.9 Å². The molecule has 0 unspecified atom stereocenters. The second-order valence-corrected chi connectivity index (χ2v) is 10.9. The van der Waals surface area contributed by atoms with Crippen molar-refractivity contribution in [2.24, 2.45) is 7.05 Å². The Hall–Kier alpha value is -5.20. The Morgan fingerprint density at radius 3 is 2.50 bits per heavy atom. The lowest BCUT2D eigenvalue weighted by Gasteiger charge is -2.23. The quantitative estimate of drug-likeness (QED) is 0.401. The number of ether oxygens (including phenoxy) is 2. The second kappa shape index (κ2) is 15.7. The van der Waals surface area contributed by atoms with E-state index in [0.29, 0.717) is 30.4 Å². The van der Waals surface area contributed by atoms with Crippen molar-refractivity contribution in [3.8, 4) is 17.2 Å². The minimum Gasteiger partial charge on any atom is -0.493 e. The molecule has 244 valence electrons. The van der Waals surface area contributed by atoms with Crippen LogP contribution in [0.3, 0.4) is 0 Å². The van der Waals surface area contributed by atoms with Crippen molar-refractivity contribution in [1.29, 1.82) is 0 Å². The van der Waals surface area contributed by atoms with Crippen LogP contribution in [0, 0.1) is 5.82 Å². The van der Waals surface area contributed by atoms with Crippen LogP contribution in [0.4, 0.5) is 4.39 Å². The molecule has 1 aromatic heterocycles. The Bertz CT molecular complexity index is 1660. The van der Waals surface area contributed by atoms with Gasteiger partial charge in [-0.05, 0) is 61.2 Å². The molecule has 13 heteroatoms. The first-order valence-electron chi connectivity index (χ1n) is 15.0. The van der Waals surface area contributed by atoms with Crippen LogP contribution in [0.1, 0.15) is 58.9 Å². The Balaban J connectivity index is 1.58. The summed E-state index contributed by atoms with van der Waals surface area (Å²) >= 11 is 0. The predicted molar refractivity (Wildman–Crippen MR) is 167 cm³/mol. The zero-order valence-corrected chi connectivity index (χ0v) is 26.1. The van der Waals surface area contributed by atoms with Gasteiger partial charge in [-0.3, -0.25) is 24.0 Å². The van der Waals surface area contributed by atoms with Gasteiger partial charge in [-0.25, -0.2) is 4.39 Å². The molecule has 0 saturated carbocycles. The highest BCUT2D eigenvalue weighted by atomic mass is 19.1. The summed E-state index contributed by atoms with van der Waals surface area (Å²) in [7, 11) is 2.98. The Morgan fingerprint density at radius 1 is 1.00 bits per heavy atom. The van der Waals surface area contributed by atoms with Gasteiger partial charge in [0.1, 0.15) is 6.04 Å². The summed E-state index contributed by atoms with van der Waals surface area (Å²) in [6.45, 7) is 2.49. The van der Waals surface area contributed by atoms with Crippen LogP contribution < -0.4 is 31.0 Å². The number of nitrogens with one attached hydrogen (secondary N) is 3. The monoisotopic (exact) mass is 635 g/mol. The van der Waals surface area contributed by atoms with Crippen LogP contribution in [0.2, 0.25) is 0 Å². The van der Waals surface area contributed by atoms with Crippen molar-refractivity contribution in [2.45, 2.75) is 45.2 Å². The first-order valence-corrected chi connectivity index (χ1v) is 15.0. The van der Waals surface area contributed by atoms with E-state index in [4.69, 9.17) is 9.47 Å². The number of nitrogens with zero attached hydrogens (tertiary/aromatic N) is 2. The minimum absolute atomic E-state index is 0.0174. The van der Waals surface area contributed by atoms with Gasteiger partial charge in [-0.1, -0.05) is 13.0 Å². The number of pyridine rings is 1. The summed E-state index contributed by atoms with van der Waals surface area (Å²) in [6.07, 6.45) is 2.56. The third kappa shape index (κ3) is 8.71. The number of hydrogen-bond acceptors (Lipinski definition) is 7. The lowest BCUT2D eigenvalue weighted by Crippen LogP contribution is -2.46. The molecule has 4 bridgehead atoms. The van der Waals surface area contributed by atoms with Crippen molar-refractivity contribution in [1.82, 2.24) is 25.4 Å². The summed E-state index contributed by atoms with van der Waals surface area (Å²) < 4.78 is 27.5. The Kier molecular flexibility index (Phi) is 11.5. The van der Waals surface area contributed by atoms with E-state index in [1.807, 2.05) is 0 Å². The molecule has 2 aliphatic heterocycles. The van der Waals surface area contributed by atoms with Crippen LogP contribution >= 0.6 is 0 Å². The fourth-order valence-electron chi connectivity index (χ4n) is 4.91. The van der Waals surface area contributed by atoms with E-state index in [1.165, 1.54) is 48.2 Å². The van der Waals surface area contributed by atoms with Gasteiger partial charge in [0.05, 0.1) is 12.7 Å². The van der Waals surface area contributed by atoms with E-state index in [2.05, 4.69) is 16.0 Å². The van der Waals surface area contributed by atoms with Gasteiger partial charge in [0.25, 0.3) is 11.8 Å². The molecule has 3 aromatic rings. The maximum absolute atomic E-state index is 15.0. The highest BCUT2D eigenvalue weighted by molar-refractivity contribution is 5.95. The van der Waals surface area contributed by atoms with Crippen LogP contribution in [-0.2, 0) is 23.2 Å². The number of carbonyl (C=O) groups is 4. The molecule has 2 aromatic carbocycles. The normalized spacial score (nSPS) is 16.9. The minimum atomic E-state index is -0.798. The Labute approximate surface area is 265 Å². The lowest BCUT2D eigenvalue weighted by molar-refractivity contribution is -0.129. The number of fused-ring (bicyclic) bond motifs is 16. The molecule has 12 nitrogen and oxygen atoms in total. The third-order valence-corrected chi connectivity index (χ3v) is 7.51. The van der Waals surface area contributed by atoms with Crippen molar-refractivity contribution in [2.75, 3.05) is 26.7 Å².